The van der Waals surface area contributed by atoms with Crippen LogP contribution >= 0.6 is 0 Å². The molecule has 3 fully saturated rings. The summed E-state index contributed by atoms with van der Waals surface area (Å²) in [5, 5.41) is 9.39. The monoisotopic (exact) mass is 539 g/mol. The summed E-state index contributed by atoms with van der Waals surface area (Å²) in [6.45, 7) is 4.09. The van der Waals surface area contributed by atoms with Crippen molar-refractivity contribution in [2.45, 2.75) is 61.8 Å². The van der Waals surface area contributed by atoms with Crippen LogP contribution in [0.1, 0.15) is 50.7 Å². The van der Waals surface area contributed by atoms with Crippen LogP contribution in [0.3, 0.4) is 0 Å². The topological polar surface area (TPSA) is 123 Å². The van der Waals surface area contributed by atoms with E-state index in [9.17, 15) is 22.9 Å². The van der Waals surface area contributed by atoms with Crippen LogP contribution in [0.2, 0.25) is 0 Å². The lowest BCUT2D eigenvalue weighted by Crippen LogP contribution is -2.68. The van der Waals surface area contributed by atoms with Gasteiger partial charge in [-0.2, -0.15) is 5.26 Å². The molecular formula is C26H30FN7O3S. The second-order valence-corrected chi connectivity index (χ2v) is 13.6. The largest absolute Gasteiger partial charge is 0.350 e. The van der Waals surface area contributed by atoms with Gasteiger partial charge in [0.1, 0.15) is 30.5 Å². The summed E-state index contributed by atoms with van der Waals surface area (Å²) in [5.41, 5.74) is 1.48. The average molecular weight is 540 g/mol. The second kappa shape index (κ2) is 8.59. The van der Waals surface area contributed by atoms with Crippen molar-refractivity contribution in [2.24, 2.45) is 0 Å². The number of halogens is 1. The first kappa shape index (κ1) is 25.0. The van der Waals surface area contributed by atoms with Gasteiger partial charge in [-0.15, -0.1) is 0 Å². The molecule has 0 bridgehead atoms. The Morgan fingerprint density at radius 2 is 1.92 bits per heavy atom. The van der Waals surface area contributed by atoms with Gasteiger partial charge in [0.2, 0.25) is 5.91 Å². The Labute approximate surface area is 221 Å². The number of anilines is 3. The number of nitrogens with zero attached hydrogens (tertiary/aromatic N) is 7. The van der Waals surface area contributed by atoms with E-state index in [1.165, 1.54) is 0 Å². The SMILES string of the molecule is C[C@@H]1CN(c2ncnc3c2C2(CCC2)CN3c2cc(C#N)ccn2)[C@@H](C)CN1C(=O)[C@@]1(CF)CCS1(=O)=O. The van der Waals surface area contributed by atoms with Crippen molar-refractivity contribution in [2.75, 3.05) is 41.9 Å². The minimum absolute atomic E-state index is 0.0325. The minimum Gasteiger partial charge on any atom is -0.350 e. The molecule has 38 heavy (non-hydrogen) atoms. The molecular weight excluding hydrogens is 509 g/mol. The number of rotatable bonds is 4. The number of hydrogen-bond donors (Lipinski definition) is 0. The Morgan fingerprint density at radius 3 is 2.53 bits per heavy atom. The fourth-order valence-corrected chi connectivity index (χ4v) is 8.07. The van der Waals surface area contributed by atoms with Gasteiger partial charge in [-0.1, -0.05) is 6.42 Å². The van der Waals surface area contributed by atoms with Crippen molar-refractivity contribution in [1.29, 1.82) is 5.26 Å². The van der Waals surface area contributed by atoms with Crippen molar-refractivity contribution in [3.8, 4) is 6.07 Å². The molecule has 1 amide bonds. The van der Waals surface area contributed by atoms with Gasteiger partial charge in [-0.05, 0) is 45.2 Å². The van der Waals surface area contributed by atoms with Crippen molar-refractivity contribution in [1.82, 2.24) is 19.9 Å². The average Bonchev–Trinajstić information content (AvgIpc) is 3.26. The molecule has 5 heterocycles. The van der Waals surface area contributed by atoms with Gasteiger partial charge in [0.05, 0.1) is 17.4 Å². The Kier molecular flexibility index (Phi) is 5.65. The van der Waals surface area contributed by atoms with Gasteiger partial charge in [-0.3, -0.25) is 4.79 Å². The Balaban J connectivity index is 1.34. The molecule has 1 aliphatic carbocycles. The number of sulfone groups is 1. The molecule has 3 atom stereocenters. The van der Waals surface area contributed by atoms with Crippen molar-refractivity contribution < 1.29 is 17.6 Å². The molecule has 2 saturated heterocycles. The maximum absolute atomic E-state index is 14.0. The van der Waals surface area contributed by atoms with Crippen LogP contribution in [0, 0.1) is 11.3 Å². The third-order valence-corrected chi connectivity index (χ3v) is 11.4. The van der Waals surface area contributed by atoms with Crippen molar-refractivity contribution >= 4 is 33.2 Å². The lowest BCUT2D eigenvalue weighted by Gasteiger charge is -2.49. The molecule has 0 aromatic carbocycles. The van der Waals surface area contributed by atoms with Crippen LogP contribution < -0.4 is 9.80 Å². The summed E-state index contributed by atoms with van der Waals surface area (Å²) in [6, 6.07) is 5.13. The lowest BCUT2D eigenvalue weighted by molar-refractivity contribution is -0.138. The predicted octanol–water partition coefficient (Wildman–Crippen LogP) is 2.27. The second-order valence-electron chi connectivity index (χ2n) is 11.1. The molecule has 200 valence electrons. The van der Waals surface area contributed by atoms with Gasteiger partial charge in [-0.25, -0.2) is 27.8 Å². The van der Waals surface area contributed by atoms with Crippen LogP contribution in [-0.4, -0.2) is 83.1 Å². The molecule has 6 rings (SSSR count). The van der Waals surface area contributed by atoms with E-state index in [4.69, 9.17) is 4.98 Å². The lowest BCUT2D eigenvalue weighted by atomic mass is 9.66. The molecule has 2 aromatic rings. The number of piperazine rings is 1. The van der Waals surface area contributed by atoms with Gasteiger partial charge < -0.3 is 14.7 Å². The molecule has 2 aromatic heterocycles. The van der Waals surface area contributed by atoms with Crippen LogP contribution in [0.15, 0.2) is 24.7 Å². The molecule has 10 nitrogen and oxygen atoms in total. The quantitative estimate of drug-likeness (QED) is 0.576. The predicted molar refractivity (Wildman–Crippen MR) is 139 cm³/mol. The smallest absolute Gasteiger partial charge is 0.247 e. The Bertz CT molecular complexity index is 1450. The highest BCUT2D eigenvalue weighted by molar-refractivity contribution is 7.95. The van der Waals surface area contributed by atoms with Gasteiger partial charge >= 0.3 is 0 Å². The zero-order valence-electron chi connectivity index (χ0n) is 21.5. The zero-order valence-corrected chi connectivity index (χ0v) is 22.3. The molecule has 1 spiro atoms. The number of aromatic nitrogens is 3. The molecule has 4 aliphatic rings. The zero-order chi connectivity index (χ0) is 26.9. The molecule has 0 unspecified atom stereocenters. The van der Waals surface area contributed by atoms with Gasteiger partial charge in [0.15, 0.2) is 14.6 Å². The van der Waals surface area contributed by atoms with Crippen LogP contribution in [-0.2, 0) is 20.0 Å². The Hall–Kier alpha value is -3.33. The molecule has 12 heteroatoms. The summed E-state index contributed by atoms with van der Waals surface area (Å²) in [4.78, 5) is 33.1. The highest BCUT2D eigenvalue weighted by Gasteiger charge is 2.61. The molecule has 0 radical (unpaired) electrons. The van der Waals surface area contributed by atoms with E-state index < -0.39 is 27.2 Å². The number of nitriles is 1. The molecule has 3 aliphatic heterocycles. The molecule has 1 saturated carbocycles. The minimum atomic E-state index is -3.78. The first-order valence-corrected chi connectivity index (χ1v) is 14.7. The van der Waals surface area contributed by atoms with Crippen LogP contribution in [0.4, 0.5) is 21.8 Å². The summed E-state index contributed by atoms with van der Waals surface area (Å²) >= 11 is 0. The summed E-state index contributed by atoms with van der Waals surface area (Å²) in [5.74, 6) is 1.51. The summed E-state index contributed by atoms with van der Waals surface area (Å²) in [7, 11) is -3.78. The van der Waals surface area contributed by atoms with Gasteiger partial charge in [0, 0.05) is 48.9 Å². The van der Waals surface area contributed by atoms with Crippen LogP contribution in [0.5, 0.6) is 0 Å². The maximum atomic E-state index is 14.0. The highest BCUT2D eigenvalue weighted by Crippen LogP contribution is 2.56. The Morgan fingerprint density at radius 1 is 1.16 bits per heavy atom. The van der Waals surface area contributed by atoms with Crippen molar-refractivity contribution in [3.63, 3.8) is 0 Å². The number of carbonyl (C=O) groups excluding carboxylic acids is 1. The van der Waals surface area contributed by atoms with E-state index in [0.717, 1.165) is 36.5 Å². The van der Waals surface area contributed by atoms with Gasteiger partial charge in [0.25, 0.3) is 0 Å². The fourth-order valence-electron chi connectivity index (χ4n) is 6.49. The van der Waals surface area contributed by atoms with E-state index in [1.54, 1.807) is 29.6 Å². The van der Waals surface area contributed by atoms with Crippen molar-refractivity contribution in [3.05, 3.63) is 35.8 Å². The number of alkyl halides is 1. The number of amides is 1. The maximum Gasteiger partial charge on any atom is 0.247 e. The number of pyridine rings is 1. The first-order valence-electron chi connectivity index (χ1n) is 13.0. The summed E-state index contributed by atoms with van der Waals surface area (Å²) in [6.07, 6.45) is 6.29. The molecule has 0 N–H and O–H groups in total. The standard InChI is InChI=1S/C26H30FN7O3S/c1-17-13-33(24(35)26(14-27)7-9-38(26,36)37)18(2)12-32(17)22-21-23(31-16-30-22)34(15-25(21)5-3-6-25)20-10-19(11-28)4-8-29-20/h4,8,10,16-18H,3,5-7,9,12-15H2,1-2H3/t17-,18+,26-/m0/s1. The van der Waals surface area contributed by atoms with E-state index in [0.29, 0.717) is 24.5 Å². The third kappa shape index (κ3) is 3.37. The summed E-state index contributed by atoms with van der Waals surface area (Å²) < 4.78 is 36.9. The van der Waals surface area contributed by atoms with Crippen LogP contribution in [0.25, 0.3) is 0 Å². The number of fused-ring (bicyclic) bond motifs is 2. The first-order chi connectivity index (χ1) is 18.2. The van der Waals surface area contributed by atoms with E-state index in [2.05, 4.69) is 25.8 Å². The van der Waals surface area contributed by atoms with E-state index in [-0.39, 0.29) is 36.2 Å². The number of carbonyl (C=O) groups is 1. The third-order valence-electron chi connectivity index (χ3n) is 9.01. The normalized spacial score (nSPS) is 28.8. The highest BCUT2D eigenvalue weighted by atomic mass is 32.2. The number of hydrogen-bond acceptors (Lipinski definition) is 9. The van der Waals surface area contributed by atoms with E-state index >= 15 is 0 Å². The fraction of sp³-hybridized carbons (Fsp3) is 0.577. The van der Waals surface area contributed by atoms with E-state index in [1.807, 2.05) is 13.8 Å².